The van der Waals surface area contributed by atoms with E-state index in [1.54, 1.807) is 6.07 Å². The molecule has 3 atom stereocenters. The molecule has 1 aliphatic heterocycles. The average molecular weight is 388 g/mol. The summed E-state index contributed by atoms with van der Waals surface area (Å²) < 4.78 is 18.6. The van der Waals surface area contributed by atoms with Gasteiger partial charge in [-0.05, 0) is 30.0 Å². The minimum Gasteiger partial charge on any atom is -0.504 e. The monoisotopic (exact) mass is 387 g/mol. The maximum absolute atomic E-state index is 13.3. The molecule has 1 aliphatic rings. The van der Waals surface area contributed by atoms with Crippen LogP contribution in [0.2, 0.25) is 0 Å². The zero-order chi connectivity index (χ0) is 19.4. The van der Waals surface area contributed by atoms with Crippen molar-refractivity contribution in [1.29, 1.82) is 0 Å². The van der Waals surface area contributed by atoms with Crippen molar-refractivity contribution < 1.29 is 14.1 Å². The molecule has 2 N–H and O–H groups in total. The molecule has 1 heterocycles. The highest BCUT2D eigenvalue weighted by molar-refractivity contribution is 7.85. The Morgan fingerprint density at radius 3 is 2.63 bits per heavy atom. The van der Waals surface area contributed by atoms with Crippen molar-refractivity contribution in [2.24, 2.45) is 0 Å². The lowest BCUT2D eigenvalue weighted by molar-refractivity contribution is 0.296. The maximum atomic E-state index is 13.3. The van der Waals surface area contributed by atoms with Crippen molar-refractivity contribution in [1.82, 2.24) is 5.32 Å². The molecule has 2 aromatic rings. The zero-order valence-corrected chi connectivity index (χ0v) is 17.1. The van der Waals surface area contributed by atoms with Crippen molar-refractivity contribution in [3.05, 3.63) is 53.6 Å². The van der Waals surface area contributed by atoms with Gasteiger partial charge >= 0.3 is 0 Å². The summed E-state index contributed by atoms with van der Waals surface area (Å²) in [7, 11) is 0.341. The van der Waals surface area contributed by atoms with Gasteiger partial charge in [-0.1, -0.05) is 57.0 Å². The van der Waals surface area contributed by atoms with E-state index >= 15 is 0 Å². The van der Waals surface area contributed by atoms with Crippen LogP contribution in [-0.4, -0.2) is 27.7 Å². The van der Waals surface area contributed by atoms with Crippen molar-refractivity contribution in [3.8, 4) is 11.5 Å². The lowest BCUT2D eigenvalue weighted by Crippen LogP contribution is -2.49. The van der Waals surface area contributed by atoms with E-state index in [2.05, 4.69) is 31.3 Å². The Bertz CT molecular complexity index is 809. The molecule has 4 nitrogen and oxygen atoms in total. The molecule has 0 amide bonds. The Hall–Kier alpha value is -1.85. The summed E-state index contributed by atoms with van der Waals surface area (Å²) in [5.41, 5.74) is 1.84. The van der Waals surface area contributed by atoms with Crippen molar-refractivity contribution >= 4 is 10.8 Å². The fraction of sp³-hybridized carbons (Fsp3) is 0.455. The Morgan fingerprint density at radius 1 is 1.26 bits per heavy atom. The van der Waals surface area contributed by atoms with Crippen LogP contribution >= 0.6 is 0 Å². The van der Waals surface area contributed by atoms with E-state index in [0.717, 1.165) is 36.8 Å². The molecule has 146 valence electrons. The second-order valence-corrected chi connectivity index (χ2v) is 8.70. The van der Waals surface area contributed by atoms with Crippen molar-refractivity contribution in [3.63, 3.8) is 0 Å². The van der Waals surface area contributed by atoms with Gasteiger partial charge in [0.05, 0.1) is 24.0 Å². The van der Waals surface area contributed by atoms with E-state index in [1.165, 1.54) is 7.11 Å². The smallest absolute Gasteiger partial charge is 0.160 e. The molecule has 0 bridgehead atoms. The molecule has 0 unspecified atom stereocenters. The van der Waals surface area contributed by atoms with Gasteiger partial charge in [-0.3, -0.25) is 9.53 Å². The molecule has 0 fully saturated rings. The van der Waals surface area contributed by atoms with E-state index in [4.69, 9.17) is 4.74 Å². The van der Waals surface area contributed by atoms with Gasteiger partial charge in [-0.25, -0.2) is 0 Å². The number of unbranched alkanes of at least 4 members (excludes halogenated alkanes) is 1. The van der Waals surface area contributed by atoms with Crippen LogP contribution in [-0.2, 0) is 10.8 Å². The number of nitrogens with one attached hydrogen (secondary N) is 1. The summed E-state index contributed by atoms with van der Waals surface area (Å²) in [5.74, 6) is 0.992. The third-order valence-electron chi connectivity index (χ3n) is 5.54. The molecule has 0 radical (unpaired) electrons. The van der Waals surface area contributed by atoms with Crippen LogP contribution in [0.1, 0.15) is 56.7 Å². The summed E-state index contributed by atoms with van der Waals surface area (Å²) in [6, 6.07) is 13.6. The van der Waals surface area contributed by atoms with Gasteiger partial charge in [0.2, 0.25) is 0 Å². The van der Waals surface area contributed by atoms with Crippen molar-refractivity contribution in [2.45, 2.75) is 56.0 Å². The van der Waals surface area contributed by atoms with Gasteiger partial charge in [0.25, 0.3) is 0 Å². The topological polar surface area (TPSA) is 58.6 Å². The summed E-state index contributed by atoms with van der Waals surface area (Å²) in [4.78, 5) is 0.696. The van der Waals surface area contributed by atoms with Crippen LogP contribution in [0.15, 0.2) is 47.4 Å². The number of benzene rings is 2. The highest BCUT2D eigenvalue weighted by Crippen LogP contribution is 2.41. The zero-order valence-electron chi connectivity index (χ0n) is 16.3. The van der Waals surface area contributed by atoms with E-state index < -0.39 is 10.8 Å². The Labute approximate surface area is 164 Å². The van der Waals surface area contributed by atoms with Gasteiger partial charge in [0.1, 0.15) is 0 Å². The minimum atomic E-state index is -1.20. The second-order valence-electron chi connectivity index (χ2n) is 7.28. The molecule has 0 aliphatic carbocycles. The van der Waals surface area contributed by atoms with Gasteiger partial charge in [0, 0.05) is 22.3 Å². The number of aromatic hydroxyl groups is 1. The number of rotatable bonds is 6. The van der Waals surface area contributed by atoms with Gasteiger partial charge in [-0.15, -0.1) is 0 Å². The molecule has 2 aromatic carbocycles. The third-order valence-corrected chi connectivity index (χ3v) is 7.20. The number of fused-ring (bicyclic) bond motifs is 1. The summed E-state index contributed by atoms with van der Waals surface area (Å²) in [5, 5.41) is 14.1. The SMILES string of the molecule is CCCC[C@]1(CC)C[S@@](=O)c2cc(O)c(OC)cc2[C@@H](c2ccccc2)N1. The summed E-state index contributed by atoms with van der Waals surface area (Å²) in [6.07, 6.45) is 4.07. The molecular formula is C22H29NO3S. The first-order valence-corrected chi connectivity index (χ1v) is 11.0. The largest absolute Gasteiger partial charge is 0.504 e. The molecule has 27 heavy (non-hydrogen) atoms. The van der Waals surface area contributed by atoms with Gasteiger partial charge in [0.15, 0.2) is 11.5 Å². The number of phenols is 1. The Morgan fingerprint density at radius 2 is 2.00 bits per heavy atom. The molecule has 0 saturated carbocycles. The maximum Gasteiger partial charge on any atom is 0.160 e. The summed E-state index contributed by atoms with van der Waals surface area (Å²) >= 11 is 0. The van der Waals surface area contributed by atoms with Crippen LogP contribution in [0.5, 0.6) is 11.5 Å². The Kier molecular flexibility index (Phi) is 6.22. The first-order chi connectivity index (χ1) is 13.0. The van der Waals surface area contributed by atoms with Crippen LogP contribution < -0.4 is 10.1 Å². The average Bonchev–Trinajstić information content (AvgIpc) is 2.81. The standard InChI is InChI=1S/C22H29NO3S/c1-4-6-12-22(5-2)15-27(25)20-14-18(24)19(26-3)13-17(20)21(23-22)16-10-8-7-9-11-16/h7-11,13-14,21,23-24H,4-6,12,15H2,1-3H3/t21-,22-,27-/m1/s1. The number of phenolic OH excluding ortho intramolecular Hbond substituents is 1. The predicted molar refractivity (Wildman–Crippen MR) is 110 cm³/mol. The van der Waals surface area contributed by atoms with Gasteiger partial charge in [-0.2, -0.15) is 0 Å². The first-order valence-electron chi connectivity index (χ1n) is 9.65. The molecule has 0 aromatic heterocycles. The fourth-order valence-corrected chi connectivity index (χ4v) is 5.63. The molecule has 5 heteroatoms. The predicted octanol–water partition coefficient (Wildman–Crippen LogP) is 4.54. The van der Waals surface area contributed by atoms with Crippen molar-refractivity contribution in [2.75, 3.05) is 12.9 Å². The lowest BCUT2D eigenvalue weighted by Gasteiger charge is -2.36. The van der Waals surface area contributed by atoms with E-state index in [1.807, 2.05) is 24.3 Å². The third kappa shape index (κ3) is 4.04. The highest BCUT2D eigenvalue weighted by Gasteiger charge is 2.38. The number of hydrogen-bond donors (Lipinski definition) is 2. The van der Waals surface area contributed by atoms with E-state index in [9.17, 15) is 9.32 Å². The molecule has 0 saturated heterocycles. The number of methoxy groups -OCH3 is 1. The molecule has 3 rings (SSSR count). The minimum absolute atomic E-state index is 0.0361. The lowest BCUT2D eigenvalue weighted by atomic mass is 9.88. The van der Waals surface area contributed by atoms with E-state index in [-0.39, 0.29) is 17.3 Å². The fourth-order valence-electron chi connectivity index (χ4n) is 3.85. The second kappa shape index (κ2) is 8.44. The highest BCUT2D eigenvalue weighted by atomic mass is 32.2. The van der Waals surface area contributed by atoms with Gasteiger partial charge < -0.3 is 9.84 Å². The van der Waals surface area contributed by atoms with Crippen LogP contribution in [0.25, 0.3) is 0 Å². The number of hydrogen-bond acceptors (Lipinski definition) is 4. The summed E-state index contributed by atoms with van der Waals surface area (Å²) in [6.45, 7) is 4.35. The quantitative estimate of drug-likeness (QED) is 0.764. The van der Waals surface area contributed by atoms with Crippen LogP contribution in [0.4, 0.5) is 0 Å². The normalized spacial score (nSPS) is 24.9. The van der Waals surface area contributed by atoms with Crippen LogP contribution in [0.3, 0.4) is 0 Å². The molecule has 0 spiro atoms. The number of ether oxygens (including phenoxy) is 1. The van der Waals surface area contributed by atoms with E-state index in [0.29, 0.717) is 16.4 Å². The first kappa shape index (κ1) is 19.9. The molecular weight excluding hydrogens is 358 g/mol. The Balaban J connectivity index is 2.17. The van der Waals surface area contributed by atoms with Crippen LogP contribution in [0, 0.1) is 0 Å².